The third kappa shape index (κ3) is 2.87. The molecular weight excluding hydrogens is 261 g/mol. The van der Waals surface area contributed by atoms with Crippen LogP contribution in [0.1, 0.15) is 0 Å². The summed E-state index contributed by atoms with van der Waals surface area (Å²) in [7, 11) is 0. The minimum atomic E-state index is -5.88. The molecule has 1 aliphatic rings. The van der Waals surface area contributed by atoms with Crippen molar-refractivity contribution < 1.29 is 26.7 Å². The first-order chi connectivity index (χ1) is 8.20. The van der Waals surface area contributed by atoms with Crippen LogP contribution in [0.25, 0.3) is 0 Å². The molecule has 102 valence electrons. The van der Waals surface area contributed by atoms with E-state index in [2.05, 4.69) is 0 Å². The van der Waals surface area contributed by atoms with E-state index >= 15 is 0 Å². The third-order valence-electron chi connectivity index (χ3n) is 2.58. The average Bonchev–Trinajstić information content (AvgIpc) is 2.28. The van der Waals surface area contributed by atoms with Crippen LogP contribution in [-0.2, 0) is 4.79 Å². The summed E-state index contributed by atoms with van der Waals surface area (Å²) >= 11 is 0. The molecule has 0 radical (unpaired) electrons. The molecule has 1 rings (SSSR count). The van der Waals surface area contributed by atoms with Crippen LogP contribution in [0.3, 0.4) is 0 Å². The fourth-order valence-electron chi connectivity index (χ4n) is 1.53. The van der Waals surface area contributed by atoms with Gasteiger partial charge >= 0.3 is 18.0 Å². The van der Waals surface area contributed by atoms with Crippen LogP contribution in [0.5, 0.6) is 0 Å². The Morgan fingerprint density at radius 3 is 2.00 bits per heavy atom. The zero-order valence-electron chi connectivity index (χ0n) is 9.18. The van der Waals surface area contributed by atoms with E-state index in [4.69, 9.17) is 5.26 Å². The SMILES string of the molecule is N#CCN1CCN(C(=O)C(F)(F)C(F)(F)F)CC1. The van der Waals surface area contributed by atoms with Crippen LogP contribution >= 0.6 is 0 Å². The Kier molecular flexibility index (Phi) is 4.11. The molecule has 9 heteroatoms. The highest BCUT2D eigenvalue weighted by Gasteiger charge is 2.64. The Labute approximate surface area is 99.6 Å². The largest absolute Gasteiger partial charge is 0.463 e. The minimum Gasteiger partial charge on any atom is -0.335 e. The van der Waals surface area contributed by atoms with Crippen LogP contribution < -0.4 is 0 Å². The molecule has 0 aromatic carbocycles. The van der Waals surface area contributed by atoms with Crippen LogP contribution in [0.2, 0.25) is 0 Å². The standard InChI is InChI=1S/C9H10F5N3O/c10-8(11,9(12,13)14)7(18)17-5-3-16(2-1-15)4-6-17/h2-6H2. The molecule has 1 saturated heterocycles. The Balaban J connectivity index is 2.64. The van der Waals surface area contributed by atoms with Gasteiger partial charge in [0.25, 0.3) is 0 Å². The molecule has 4 nitrogen and oxygen atoms in total. The van der Waals surface area contributed by atoms with Gasteiger partial charge in [0.1, 0.15) is 0 Å². The van der Waals surface area contributed by atoms with Crippen molar-refractivity contribution in [3.63, 3.8) is 0 Å². The van der Waals surface area contributed by atoms with Gasteiger partial charge in [-0.1, -0.05) is 0 Å². The predicted octanol–water partition coefficient (Wildman–Crippen LogP) is 0.852. The summed E-state index contributed by atoms with van der Waals surface area (Å²) in [5, 5.41) is 8.39. The number of nitrogens with zero attached hydrogens (tertiary/aromatic N) is 3. The normalized spacial score (nSPS) is 18.6. The Morgan fingerprint density at radius 1 is 1.11 bits per heavy atom. The maximum Gasteiger partial charge on any atom is 0.463 e. The number of hydrogen-bond acceptors (Lipinski definition) is 3. The zero-order valence-corrected chi connectivity index (χ0v) is 9.18. The lowest BCUT2D eigenvalue weighted by Gasteiger charge is -2.35. The van der Waals surface area contributed by atoms with Gasteiger partial charge in [-0.25, -0.2) is 0 Å². The topological polar surface area (TPSA) is 47.3 Å². The fourth-order valence-corrected chi connectivity index (χ4v) is 1.53. The van der Waals surface area contributed by atoms with Crippen molar-refractivity contribution >= 4 is 5.91 Å². The van der Waals surface area contributed by atoms with E-state index < -0.39 is 18.0 Å². The first-order valence-electron chi connectivity index (χ1n) is 5.03. The van der Waals surface area contributed by atoms with Crippen molar-refractivity contribution in [2.75, 3.05) is 32.7 Å². The number of nitriles is 1. The molecule has 1 fully saturated rings. The van der Waals surface area contributed by atoms with Gasteiger partial charge in [0, 0.05) is 26.2 Å². The van der Waals surface area contributed by atoms with Crippen molar-refractivity contribution in [3.05, 3.63) is 0 Å². The van der Waals surface area contributed by atoms with Crippen molar-refractivity contribution in [2.24, 2.45) is 0 Å². The summed E-state index contributed by atoms with van der Waals surface area (Å²) in [6, 6.07) is 1.83. The quantitative estimate of drug-likeness (QED) is 0.552. The summed E-state index contributed by atoms with van der Waals surface area (Å²) in [6.07, 6.45) is -5.88. The molecule has 0 aromatic rings. The second kappa shape index (κ2) is 5.06. The van der Waals surface area contributed by atoms with Gasteiger partial charge in [0.2, 0.25) is 0 Å². The second-order valence-corrected chi connectivity index (χ2v) is 3.80. The van der Waals surface area contributed by atoms with Crippen LogP contribution in [-0.4, -0.2) is 60.5 Å². The van der Waals surface area contributed by atoms with Crippen LogP contribution in [0, 0.1) is 11.3 Å². The second-order valence-electron chi connectivity index (χ2n) is 3.80. The van der Waals surface area contributed by atoms with Crippen molar-refractivity contribution in [2.45, 2.75) is 12.1 Å². The lowest BCUT2D eigenvalue weighted by Crippen LogP contribution is -2.57. The number of rotatable bonds is 2. The molecule has 1 amide bonds. The van der Waals surface area contributed by atoms with E-state index in [9.17, 15) is 26.7 Å². The summed E-state index contributed by atoms with van der Waals surface area (Å²) in [4.78, 5) is 13.1. The molecule has 0 saturated carbocycles. The van der Waals surface area contributed by atoms with E-state index in [1.54, 1.807) is 4.90 Å². The number of hydrogen-bond donors (Lipinski definition) is 0. The number of alkyl halides is 5. The third-order valence-corrected chi connectivity index (χ3v) is 2.58. The fraction of sp³-hybridized carbons (Fsp3) is 0.778. The molecule has 0 unspecified atom stereocenters. The zero-order chi connectivity index (χ0) is 14.0. The summed E-state index contributed by atoms with van der Waals surface area (Å²) in [5.41, 5.74) is 0. The maximum atomic E-state index is 12.8. The van der Waals surface area contributed by atoms with Gasteiger partial charge in [-0.3, -0.25) is 9.69 Å². The Hall–Kier alpha value is -1.43. The molecule has 18 heavy (non-hydrogen) atoms. The van der Waals surface area contributed by atoms with E-state index in [1.807, 2.05) is 6.07 Å². The lowest BCUT2D eigenvalue weighted by molar-refractivity contribution is -0.274. The van der Waals surface area contributed by atoms with Gasteiger partial charge < -0.3 is 4.90 Å². The Bertz CT molecular complexity index is 354. The van der Waals surface area contributed by atoms with Crippen molar-refractivity contribution in [1.29, 1.82) is 5.26 Å². The van der Waals surface area contributed by atoms with Gasteiger partial charge in [-0.05, 0) is 0 Å². The lowest BCUT2D eigenvalue weighted by atomic mass is 10.2. The molecule has 1 aliphatic heterocycles. The first kappa shape index (κ1) is 14.6. The molecule has 0 bridgehead atoms. The van der Waals surface area contributed by atoms with E-state index in [-0.39, 0.29) is 32.7 Å². The van der Waals surface area contributed by atoms with E-state index in [1.165, 1.54) is 0 Å². The number of amides is 1. The van der Waals surface area contributed by atoms with Gasteiger partial charge in [0.05, 0.1) is 12.6 Å². The summed E-state index contributed by atoms with van der Waals surface area (Å²) in [6.45, 7) is -0.226. The number of carbonyl (C=O) groups excluding carboxylic acids is 1. The van der Waals surface area contributed by atoms with E-state index in [0.29, 0.717) is 4.90 Å². The van der Waals surface area contributed by atoms with Gasteiger partial charge in [0.15, 0.2) is 0 Å². The summed E-state index contributed by atoms with van der Waals surface area (Å²) in [5.74, 6) is -7.59. The molecule has 0 atom stereocenters. The van der Waals surface area contributed by atoms with Crippen molar-refractivity contribution in [3.8, 4) is 6.07 Å². The Morgan fingerprint density at radius 2 is 1.61 bits per heavy atom. The maximum absolute atomic E-state index is 12.8. The molecule has 0 N–H and O–H groups in total. The molecule has 0 aliphatic carbocycles. The minimum absolute atomic E-state index is 0.0533. The van der Waals surface area contributed by atoms with Gasteiger partial charge in [-0.2, -0.15) is 27.2 Å². The monoisotopic (exact) mass is 271 g/mol. The number of piperazine rings is 1. The van der Waals surface area contributed by atoms with Gasteiger partial charge in [-0.15, -0.1) is 0 Å². The van der Waals surface area contributed by atoms with Crippen LogP contribution in [0.15, 0.2) is 0 Å². The highest BCUT2D eigenvalue weighted by atomic mass is 19.4. The average molecular weight is 271 g/mol. The molecular formula is C9H10F5N3O. The predicted molar refractivity (Wildman–Crippen MR) is 49.6 cm³/mol. The first-order valence-corrected chi connectivity index (χ1v) is 5.03. The molecule has 1 heterocycles. The highest BCUT2D eigenvalue weighted by molar-refractivity contribution is 5.84. The van der Waals surface area contributed by atoms with Crippen LogP contribution in [0.4, 0.5) is 22.0 Å². The smallest absolute Gasteiger partial charge is 0.335 e. The molecule has 0 spiro atoms. The highest BCUT2D eigenvalue weighted by Crippen LogP contribution is 2.37. The molecule has 0 aromatic heterocycles. The number of carbonyl (C=O) groups is 1. The number of halogens is 5. The van der Waals surface area contributed by atoms with E-state index in [0.717, 1.165) is 0 Å². The van der Waals surface area contributed by atoms with Crippen molar-refractivity contribution in [1.82, 2.24) is 9.80 Å². The summed E-state index contributed by atoms with van der Waals surface area (Å²) < 4.78 is 61.5.